The zero-order chi connectivity index (χ0) is 25.5. The van der Waals surface area contributed by atoms with Gasteiger partial charge in [0.1, 0.15) is 17.2 Å². The second-order valence-corrected chi connectivity index (χ2v) is 10.8. The van der Waals surface area contributed by atoms with E-state index in [1.807, 2.05) is 0 Å². The van der Waals surface area contributed by atoms with Gasteiger partial charge < -0.3 is 13.6 Å². The summed E-state index contributed by atoms with van der Waals surface area (Å²) in [5.74, 6) is 2.52. The topological polar surface area (TPSA) is 27.7 Å². The SMILES string of the molecule is Cc1cc(C)c(OP(Oc2c(C)cc(C)c(C)c2C)Oc2c(C)cc(C)c(C)c2C)c(C)c1C. The number of rotatable bonds is 6. The van der Waals surface area contributed by atoms with Crippen LogP contribution in [0.5, 0.6) is 17.2 Å². The maximum Gasteiger partial charge on any atom is 0.530 e. The molecule has 0 aliphatic heterocycles. The van der Waals surface area contributed by atoms with Crippen LogP contribution in [0.15, 0.2) is 18.2 Å². The third-order valence-corrected chi connectivity index (χ3v) is 8.35. The van der Waals surface area contributed by atoms with Gasteiger partial charge in [0.05, 0.1) is 0 Å². The summed E-state index contributed by atoms with van der Waals surface area (Å²) in [5.41, 5.74) is 14.1. The molecule has 3 aromatic rings. The number of hydrogen-bond donors (Lipinski definition) is 0. The van der Waals surface area contributed by atoms with E-state index in [9.17, 15) is 0 Å². The molecule has 0 fully saturated rings. The molecule has 0 atom stereocenters. The molecule has 0 saturated heterocycles. The van der Waals surface area contributed by atoms with Crippen LogP contribution in [0.3, 0.4) is 0 Å². The van der Waals surface area contributed by atoms with Gasteiger partial charge in [0.2, 0.25) is 0 Å². The molecule has 34 heavy (non-hydrogen) atoms. The Kier molecular flexibility index (Phi) is 7.68. The lowest BCUT2D eigenvalue weighted by molar-refractivity contribution is 0.381. The van der Waals surface area contributed by atoms with Crippen LogP contribution in [-0.4, -0.2) is 0 Å². The van der Waals surface area contributed by atoms with Crippen molar-refractivity contribution in [1.82, 2.24) is 0 Å². The molecule has 3 rings (SSSR count). The van der Waals surface area contributed by atoms with E-state index < -0.39 is 8.60 Å². The monoisotopic (exact) mass is 478 g/mol. The molecule has 0 aliphatic rings. The predicted molar refractivity (Wildman–Crippen MR) is 145 cm³/mol. The fourth-order valence-corrected chi connectivity index (χ4v) is 5.88. The average Bonchev–Trinajstić information content (AvgIpc) is 2.77. The summed E-state index contributed by atoms with van der Waals surface area (Å²) in [7, 11) is -1.75. The van der Waals surface area contributed by atoms with E-state index in [-0.39, 0.29) is 0 Å². The van der Waals surface area contributed by atoms with Gasteiger partial charge in [0.15, 0.2) is 0 Å². The summed E-state index contributed by atoms with van der Waals surface area (Å²) < 4.78 is 19.8. The van der Waals surface area contributed by atoms with E-state index in [2.05, 4.69) is 101 Å². The maximum atomic E-state index is 6.60. The lowest BCUT2D eigenvalue weighted by Crippen LogP contribution is -2.09. The fourth-order valence-electron chi connectivity index (χ4n) is 4.48. The van der Waals surface area contributed by atoms with E-state index in [1.165, 1.54) is 33.4 Å². The Morgan fingerprint density at radius 3 is 0.824 bits per heavy atom. The van der Waals surface area contributed by atoms with Crippen molar-refractivity contribution in [2.45, 2.75) is 83.1 Å². The van der Waals surface area contributed by atoms with Crippen LogP contribution in [0.2, 0.25) is 0 Å². The van der Waals surface area contributed by atoms with E-state index in [0.29, 0.717) is 0 Å². The van der Waals surface area contributed by atoms with Crippen molar-refractivity contribution < 1.29 is 13.6 Å². The van der Waals surface area contributed by atoms with Crippen LogP contribution in [-0.2, 0) is 0 Å². The Hall–Kier alpha value is -2.51. The highest BCUT2D eigenvalue weighted by Gasteiger charge is 2.27. The molecule has 0 unspecified atom stereocenters. The molecular formula is C30H39O3P. The number of hydrogen-bond acceptors (Lipinski definition) is 3. The predicted octanol–water partition coefficient (Wildman–Crippen LogP) is 9.15. The molecule has 0 spiro atoms. The van der Waals surface area contributed by atoms with Crippen molar-refractivity contribution in [1.29, 1.82) is 0 Å². The van der Waals surface area contributed by atoms with Gasteiger partial charge in [-0.3, -0.25) is 0 Å². The van der Waals surface area contributed by atoms with Gasteiger partial charge in [0.25, 0.3) is 0 Å². The molecular weight excluding hydrogens is 439 g/mol. The summed E-state index contributed by atoms with van der Waals surface area (Å²) in [5, 5.41) is 0. The normalized spacial score (nSPS) is 11.2. The highest BCUT2D eigenvalue weighted by molar-refractivity contribution is 7.43. The zero-order valence-electron chi connectivity index (χ0n) is 22.9. The van der Waals surface area contributed by atoms with E-state index in [1.54, 1.807) is 0 Å². The van der Waals surface area contributed by atoms with Crippen molar-refractivity contribution in [3.05, 3.63) is 85.0 Å². The summed E-state index contributed by atoms with van der Waals surface area (Å²) in [4.78, 5) is 0. The first-order valence-corrected chi connectivity index (χ1v) is 13.0. The van der Waals surface area contributed by atoms with Gasteiger partial charge in [-0.05, 0) is 150 Å². The Labute approximate surface area is 207 Å². The highest BCUT2D eigenvalue weighted by atomic mass is 31.2. The first-order valence-electron chi connectivity index (χ1n) is 11.9. The minimum absolute atomic E-state index is 0.840. The van der Waals surface area contributed by atoms with Crippen molar-refractivity contribution in [3.8, 4) is 17.2 Å². The van der Waals surface area contributed by atoms with Crippen molar-refractivity contribution in [3.63, 3.8) is 0 Å². The van der Waals surface area contributed by atoms with Crippen molar-refractivity contribution >= 4 is 8.60 Å². The minimum atomic E-state index is -1.75. The Balaban J connectivity index is 2.12. The third-order valence-electron chi connectivity index (χ3n) is 7.35. The van der Waals surface area contributed by atoms with Gasteiger partial charge in [-0.1, -0.05) is 18.2 Å². The van der Waals surface area contributed by atoms with Crippen LogP contribution in [0.25, 0.3) is 0 Å². The second-order valence-electron chi connectivity index (χ2n) is 9.77. The molecule has 0 aromatic heterocycles. The summed E-state index contributed by atoms with van der Waals surface area (Å²) >= 11 is 0. The van der Waals surface area contributed by atoms with Gasteiger partial charge in [-0.15, -0.1) is 0 Å². The zero-order valence-corrected chi connectivity index (χ0v) is 23.8. The van der Waals surface area contributed by atoms with Crippen LogP contribution >= 0.6 is 8.60 Å². The molecule has 0 heterocycles. The van der Waals surface area contributed by atoms with Crippen LogP contribution in [0.4, 0.5) is 0 Å². The molecule has 3 aromatic carbocycles. The smallest absolute Gasteiger partial charge is 0.408 e. The molecule has 182 valence electrons. The summed E-state index contributed by atoms with van der Waals surface area (Å²) in [6.45, 7) is 25.4. The molecule has 0 bridgehead atoms. The highest BCUT2D eigenvalue weighted by Crippen LogP contribution is 2.48. The second kappa shape index (κ2) is 10.0. The van der Waals surface area contributed by atoms with Crippen molar-refractivity contribution in [2.75, 3.05) is 0 Å². The first kappa shape index (κ1) is 26.1. The van der Waals surface area contributed by atoms with Gasteiger partial charge in [-0.25, -0.2) is 0 Å². The number of benzene rings is 3. The Morgan fingerprint density at radius 2 is 0.588 bits per heavy atom. The van der Waals surface area contributed by atoms with Gasteiger partial charge in [-0.2, -0.15) is 0 Å². The Bertz CT molecular complexity index is 1100. The molecule has 4 heteroatoms. The van der Waals surface area contributed by atoms with Gasteiger partial charge in [0, 0.05) is 0 Å². The first-order chi connectivity index (χ1) is 15.8. The standard InChI is InChI=1S/C30H39O3P/c1-16-13-19(4)28(25(10)22(16)7)31-34(32-29-20(5)14-17(2)23(8)26(29)11)33-30-21(6)15-18(3)24(9)27(30)12/h13-15H,1-12H3. The number of aryl methyl sites for hydroxylation is 6. The molecule has 3 nitrogen and oxygen atoms in total. The fraction of sp³-hybridized carbons (Fsp3) is 0.400. The Morgan fingerprint density at radius 1 is 0.353 bits per heavy atom. The quantitative estimate of drug-likeness (QED) is 0.331. The van der Waals surface area contributed by atoms with E-state index in [0.717, 1.165) is 50.6 Å². The summed E-state index contributed by atoms with van der Waals surface area (Å²) in [6, 6.07) is 6.51. The van der Waals surface area contributed by atoms with Gasteiger partial charge >= 0.3 is 8.60 Å². The molecule has 0 radical (unpaired) electrons. The molecule has 0 amide bonds. The van der Waals surface area contributed by atoms with Crippen LogP contribution < -0.4 is 13.6 Å². The van der Waals surface area contributed by atoms with Crippen molar-refractivity contribution in [2.24, 2.45) is 0 Å². The summed E-state index contributed by atoms with van der Waals surface area (Å²) in [6.07, 6.45) is 0. The third kappa shape index (κ3) is 4.96. The molecule has 0 aliphatic carbocycles. The van der Waals surface area contributed by atoms with E-state index in [4.69, 9.17) is 13.6 Å². The lowest BCUT2D eigenvalue weighted by Gasteiger charge is -2.25. The van der Waals surface area contributed by atoms with Crippen LogP contribution in [0.1, 0.15) is 66.8 Å². The minimum Gasteiger partial charge on any atom is -0.408 e. The van der Waals surface area contributed by atoms with Crippen LogP contribution in [0, 0.1) is 83.1 Å². The van der Waals surface area contributed by atoms with E-state index >= 15 is 0 Å². The molecule has 0 saturated carbocycles. The largest absolute Gasteiger partial charge is 0.530 e. The lowest BCUT2D eigenvalue weighted by atomic mass is 10.00. The molecule has 0 N–H and O–H groups in total. The average molecular weight is 479 g/mol. The maximum absolute atomic E-state index is 6.60.